The molecule has 0 bridgehead atoms. The molecule has 0 saturated heterocycles. The molecule has 0 amide bonds. The van der Waals surface area contributed by atoms with Crippen molar-refractivity contribution in [2.24, 2.45) is 0 Å². The van der Waals surface area contributed by atoms with E-state index < -0.39 is 0 Å². The Bertz CT molecular complexity index is 2900. The highest BCUT2D eigenvalue weighted by atomic mass is 16.3. The number of rotatable bonds is 6. The maximum absolute atomic E-state index is 6.48. The molecule has 10 rings (SSSR count). The first-order chi connectivity index (χ1) is 25.8. The molecular formula is C46H29N5O. The van der Waals surface area contributed by atoms with Crippen LogP contribution in [0, 0.1) is 0 Å². The number of aromatic nitrogens is 5. The first-order valence-electron chi connectivity index (χ1n) is 17.2. The predicted molar refractivity (Wildman–Crippen MR) is 209 cm³/mol. The quantitative estimate of drug-likeness (QED) is 0.176. The minimum Gasteiger partial charge on any atom is -0.435 e. The molecule has 52 heavy (non-hydrogen) atoms. The van der Waals surface area contributed by atoms with Gasteiger partial charge in [0.15, 0.2) is 17.2 Å². The molecule has 0 saturated carbocycles. The van der Waals surface area contributed by atoms with Gasteiger partial charge in [0.05, 0.1) is 16.6 Å². The Morgan fingerprint density at radius 3 is 1.81 bits per heavy atom. The Labute approximate surface area is 299 Å². The third kappa shape index (κ3) is 5.05. The lowest BCUT2D eigenvalue weighted by molar-refractivity contribution is 0.620. The number of fused-ring (bicyclic) bond motifs is 4. The molecule has 10 aromatic rings. The summed E-state index contributed by atoms with van der Waals surface area (Å²) in [6, 6.07) is 60.0. The van der Waals surface area contributed by atoms with Gasteiger partial charge in [-0.2, -0.15) is 9.97 Å². The van der Waals surface area contributed by atoms with Gasteiger partial charge in [0.25, 0.3) is 0 Å². The van der Waals surface area contributed by atoms with Crippen LogP contribution in [-0.4, -0.2) is 24.5 Å². The van der Waals surface area contributed by atoms with Crippen LogP contribution >= 0.6 is 0 Å². The minimum atomic E-state index is 0.497. The fourth-order valence-corrected chi connectivity index (χ4v) is 7.11. The van der Waals surface area contributed by atoms with Gasteiger partial charge in [-0.15, -0.1) is 0 Å². The molecule has 244 valence electrons. The SMILES string of the molecule is c1ccc(-c2cccc(-c3nc(-c4cccc5nc(-c6ccccc6)oc45)nc(-n4c5ccccc5c5c(-c6ccccc6)cccc54)n3)c2)cc1. The van der Waals surface area contributed by atoms with Gasteiger partial charge in [-0.1, -0.05) is 133 Å². The van der Waals surface area contributed by atoms with Gasteiger partial charge >= 0.3 is 0 Å². The number of hydrogen-bond acceptors (Lipinski definition) is 5. The van der Waals surface area contributed by atoms with Crippen LogP contribution in [0.1, 0.15) is 0 Å². The lowest BCUT2D eigenvalue weighted by atomic mass is 9.99. The smallest absolute Gasteiger partial charge is 0.238 e. The van der Waals surface area contributed by atoms with E-state index in [2.05, 4.69) is 120 Å². The first-order valence-corrected chi connectivity index (χ1v) is 17.2. The highest BCUT2D eigenvalue weighted by molar-refractivity contribution is 6.15. The van der Waals surface area contributed by atoms with Crippen molar-refractivity contribution in [1.82, 2.24) is 24.5 Å². The summed E-state index contributed by atoms with van der Waals surface area (Å²) in [5.74, 6) is 2.12. The van der Waals surface area contributed by atoms with Gasteiger partial charge in [0.1, 0.15) is 5.52 Å². The van der Waals surface area contributed by atoms with Crippen LogP contribution in [0.25, 0.3) is 95.3 Å². The van der Waals surface area contributed by atoms with Gasteiger partial charge in [-0.25, -0.2) is 9.97 Å². The van der Waals surface area contributed by atoms with Crippen LogP contribution < -0.4 is 0 Å². The van der Waals surface area contributed by atoms with Gasteiger partial charge in [-0.05, 0) is 64.7 Å². The summed E-state index contributed by atoms with van der Waals surface area (Å²) in [4.78, 5) is 20.5. The van der Waals surface area contributed by atoms with Gasteiger partial charge in [-0.3, -0.25) is 4.57 Å². The van der Waals surface area contributed by atoms with Crippen LogP contribution in [0.2, 0.25) is 0 Å². The van der Waals surface area contributed by atoms with E-state index in [9.17, 15) is 0 Å². The molecular weight excluding hydrogens is 639 g/mol. The zero-order valence-electron chi connectivity index (χ0n) is 27.9. The van der Waals surface area contributed by atoms with Crippen molar-refractivity contribution in [3.63, 3.8) is 0 Å². The molecule has 0 atom stereocenters. The lowest BCUT2D eigenvalue weighted by Crippen LogP contribution is -2.06. The molecule has 0 spiro atoms. The third-order valence-electron chi connectivity index (χ3n) is 9.51. The van der Waals surface area contributed by atoms with E-state index in [1.165, 1.54) is 0 Å². The van der Waals surface area contributed by atoms with E-state index in [-0.39, 0.29) is 0 Å². The number of para-hydroxylation sites is 2. The van der Waals surface area contributed by atoms with E-state index in [0.717, 1.165) is 66.3 Å². The Hall–Kier alpha value is -7.18. The van der Waals surface area contributed by atoms with Crippen LogP contribution in [0.4, 0.5) is 0 Å². The second-order valence-electron chi connectivity index (χ2n) is 12.7. The zero-order chi connectivity index (χ0) is 34.4. The van der Waals surface area contributed by atoms with Crippen molar-refractivity contribution >= 4 is 32.9 Å². The average Bonchev–Trinajstić information content (AvgIpc) is 3.82. The molecule has 0 N–H and O–H groups in total. The summed E-state index contributed by atoms with van der Waals surface area (Å²) in [6.45, 7) is 0. The molecule has 6 nitrogen and oxygen atoms in total. The van der Waals surface area contributed by atoms with Crippen LogP contribution in [0.15, 0.2) is 180 Å². The summed E-state index contributed by atoms with van der Waals surface area (Å²) in [5, 5.41) is 2.26. The second-order valence-corrected chi connectivity index (χ2v) is 12.7. The number of oxazole rings is 1. The molecule has 0 aliphatic heterocycles. The largest absolute Gasteiger partial charge is 0.435 e. The van der Waals surface area contributed by atoms with Crippen molar-refractivity contribution in [2.75, 3.05) is 0 Å². The predicted octanol–water partition coefficient (Wildman–Crippen LogP) is 11.4. The molecule has 3 heterocycles. The number of benzene rings is 7. The van der Waals surface area contributed by atoms with Crippen molar-refractivity contribution < 1.29 is 4.42 Å². The van der Waals surface area contributed by atoms with E-state index in [4.69, 9.17) is 24.4 Å². The zero-order valence-corrected chi connectivity index (χ0v) is 27.9. The van der Waals surface area contributed by atoms with E-state index in [1.807, 2.05) is 60.7 Å². The molecule has 0 aliphatic rings. The highest BCUT2D eigenvalue weighted by Crippen LogP contribution is 2.39. The van der Waals surface area contributed by atoms with Gasteiger partial charge in [0.2, 0.25) is 11.8 Å². The molecule has 6 heteroatoms. The Morgan fingerprint density at radius 1 is 0.404 bits per heavy atom. The first kappa shape index (κ1) is 29.7. The highest BCUT2D eigenvalue weighted by Gasteiger charge is 2.22. The summed E-state index contributed by atoms with van der Waals surface area (Å²) >= 11 is 0. The maximum Gasteiger partial charge on any atom is 0.238 e. The Kier molecular flexibility index (Phi) is 7.03. The van der Waals surface area contributed by atoms with Crippen LogP contribution in [-0.2, 0) is 0 Å². The van der Waals surface area contributed by atoms with E-state index >= 15 is 0 Å². The summed E-state index contributed by atoms with van der Waals surface area (Å²) < 4.78 is 8.64. The average molecular weight is 668 g/mol. The molecule has 0 unspecified atom stereocenters. The van der Waals surface area contributed by atoms with Crippen LogP contribution in [0.3, 0.4) is 0 Å². The van der Waals surface area contributed by atoms with Crippen molar-refractivity contribution in [2.45, 2.75) is 0 Å². The van der Waals surface area contributed by atoms with Crippen molar-refractivity contribution in [1.29, 1.82) is 0 Å². The Morgan fingerprint density at radius 2 is 1.00 bits per heavy atom. The summed E-state index contributed by atoms with van der Waals surface area (Å²) in [6.07, 6.45) is 0. The maximum atomic E-state index is 6.48. The number of nitrogens with zero attached hydrogens (tertiary/aromatic N) is 5. The monoisotopic (exact) mass is 667 g/mol. The topological polar surface area (TPSA) is 69.6 Å². The van der Waals surface area contributed by atoms with Crippen molar-refractivity contribution in [3.05, 3.63) is 176 Å². The Balaban J connectivity index is 1.24. The second kappa shape index (κ2) is 12.3. The molecule has 0 aliphatic carbocycles. The van der Waals surface area contributed by atoms with Crippen LogP contribution in [0.5, 0.6) is 0 Å². The molecule has 0 radical (unpaired) electrons. The lowest BCUT2D eigenvalue weighted by Gasteiger charge is -2.12. The standard InChI is InChI=1S/C46H29N5O/c1-4-15-30(16-5-1)33-21-12-22-34(29-33)43-48-44(37-25-13-26-38-42(37)52-45(47-38)32-19-8-3-9-20-32)50-46(49-43)51-39-27-11-10-23-36(39)41-35(24-14-28-40(41)51)31-17-6-2-7-18-31/h1-29H. The third-order valence-corrected chi connectivity index (χ3v) is 9.51. The molecule has 7 aromatic carbocycles. The van der Waals surface area contributed by atoms with E-state index in [0.29, 0.717) is 29.1 Å². The molecule has 3 aromatic heterocycles. The van der Waals surface area contributed by atoms with Gasteiger partial charge < -0.3 is 4.42 Å². The molecule has 0 fully saturated rings. The normalized spacial score (nSPS) is 11.5. The summed E-state index contributed by atoms with van der Waals surface area (Å²) in [7, 11) is 0. The van der Waals surface area contributed by atoms with Crippen molar-refractivity contribution in [3.8, 4) is 62.4 Å². The fourth-order valence-electron chi connectivity index (χ4n) is 7.11. The number of hydrogen-bond donors (Lipinski definition) is 0. The minimum absolute atomic E-state index is 0.497. The fraction of sp³-hybridized carbons (Fsp3) is 0. The van der Waals surface area contributed by atoms with E-state index in [1.54, 1.807) is 0 Å². The summed E-state index contributed by atoms with van der Waals surface area (Å²) in [5.41, 5.74) is 10.4. The van der Waals surface area contributed by atoms with Gasteiger partial charge in [0, 0.05) is 21.9 Å².